The second-order valence-corrected chi connectivity index (χ2v) is 4.94. The minimum absolute atomic E-state index is 0.140. The van der Waals surface area contributed by atoms with Gasteiger partial charge < -0.3 is 15.4 Å². The minimum Gasteiger partial charge on any atom is -0.444 e. The standard InChI is InChI=1S/C10H19FN2O2/c1-10(2,3)15-9(14)13-6-7(12)4-8(13)5-11/h7-8H,4-6,12H2,1-3H3/t7-,8-/m0/s1. The van der Waals surface area contributed by atoms with Crippen molar-refractivity contribution in [3.05, 3.63) is 0 Å². The minimum atomic E-state index is -0.563. The van der Waals surface area contributed by atoms with Gasteiger partial charge in [0.2, 0.25) is 0 Å². The lowest BCUT2D eigenvalue weighted by molar-refractivity contribution is 0.0206. The number of nitrogens with two attached hydrogens (primary N) is 1. The molecule has 1 saturated heterocycles. The fourth-order valence-corrected chi connectivity index (χ4v) is 1.64. The molecule has 1 aliphatic rings. The van der Waals surface area contributed by atoms with E-state index in [0.29, 0.717) is 13.0 Å². The molecule has 0 spiro atoms. The van der Waals surface area contributed by atoms with Crippen LogP contribution in [0.1, 0.15) is 27.2 Å². The first-order valence-corrected chi connectivity index (χ1v) is 5.14. The molecule has 0 radical (unpaired) electrons. The fourth-order valence-electron chi connectivity index (χ4n) is 1.64. The van der Waals surface area contributed by atoms with Gasteiger partial charge in [-0.15, -0.1) is 0 Å². The average molecular weight is 218 g/mol. The van der Waals surface area contributed by atoms with Crippen molar-refractivity contribution < 1.29 is 13.9 Å². The molecule has 2 atom stereocenters. The van der Waals surface area contributed by atoms with Crippen LogP contribution in [-0.2, 0) is 4.74 Å². The van der Waals surface area contributed by atoms with Crippen molar-refractivity contribution in [3.8, 4) is 0 Å². The van der Waals surface area contributed by atoms with E-state index in [-0.39, 0.29) is 6.04 Å². The van der Waals surface area contributed by atoms with E-state index >= 15 is 0 Å². The summed E-state index contributed by atoms with van der Waals surface area (Å²) >= 11 is 0. The Morgan fingerprint density at radius 1 is 1.60 bits per heavy atom. The van der Waals surface area contributed by atoms with Crippen molar-refractivity contribution in [2.75, 3.05) is 13.2 Å². The molecule has 1 fully saturated rings. The number of carbonyl (C=O) groups is 1. The van der Waals surface area contributed by atoms with Crippen LogP contribution in [0.2, 0.25) is 0 Å². The van der Waals surface area contributed by atoms with Gasteiger partial charge in [-0.1, -0.05) is 0 Å². The molecule has 0 aromatic carbocycles. The van der Waals surface area contributed by atoms with Crippen LogP contribution in [-0.4, -0.2) is 41.9 Å². The molecule has 15 heavy (non-hydrogen) atoms. The summed E-state index contributed by atoms with van der Waals surface area (Å²) < 4.78 is 17.8. The van der Waals surface area contributed by atoms with E-state index in [9.17, 15) is 9.18 Å². The van der Waals surface area contributed by atoms with Gasteiger partial charge in [-0.3, -0.25) is 0 Å². The molecule has 0 aliphatic carbocycles. The van der Waals surface area contributed by atoms with E-state index < -0.39 is 24.4 Å². The third-order valence-electron chi connectivity index (χ3n) is 2.25. The van der Waals surface area contributed by atoms with Crippen molar-refractivity contribution in [1.29, 1.82) is 0 Å². The SMILES string of the molecule is CC(C)(C)OC(=O)N1C[C@@H](N)C[C@H]1CF. The quantitative estimate of drug-likeness (QED) is 0.721. The third-order valence-corrected chi connectivity index (χ3v) is 2.25. The summed E-state index contributed by atoms with van der Waals surface area (Å²) in [5.41, 5.74) is 5.13. The van der Waals surface area contributed by atoms with Crippen LogP contribution >= 0.6 is 0 Å². The maximum atomic E-state index is 12.6. The van der Waals surface area contributed by atoms with Crippen molar-refractivity contribution in [1.82, 2.24) is 4.90 Å². The number of alkyl halides is 1. The summed E-state index contributed by atoms with van der Waals surface area (Å²) in [6.45, 7) is 5.17. The number of carbonyl (C=O) groups excluding carboxylic acids is 1. The van der Waals surface area contributed by atoms with E-state index in [0.717, 1.165) is 0 Å². The Morgan fingerprint density at radius 3 is 2.67 bits per heavy atom. The number of ether oxygens (including phenoxy) is 1. The molecular formula is C10H19FN2O2. The average Bonchev–Trinajstić information content (AvgIpc) is 2.43. The molecule has 2 N–H and O–H groups in total. The zero-order valence-corrected chi connectivity index (χ0v) is 9.50. The number of rotatable bonds is 1. The first-order chi connectivity index (χ1) is 6.83. The highest BCUT2D eigenvalue weighted by molar-refractivity contribution is 5.69. The van der Waals surface area contributed by atoms with Gasteiger partial charge in [-0.05, 0) is 27.2 Å². The van der Waals surface area contributed by atoms with Crippen LogP contribution in [0.4, 0.5) is 9.18 Å². The Morgan fingerprint density at radius 2 is 2.20 bits per heavy atom. The van der Waals surface area contributed by atoms with Gasteiger partial charge in [0.15, 0.2) is 0 Å². The van der Waals surface area contributed by atoms with E-state index in [1.165, 1.54) is 4.90 Å². The molecule has 4 nitrogen and oxygen atoms in total. The first-order valence-electron chi connectivity index (χ1n) is 5.14. The second-order valence-electron chi connectivity index (χ2n) is 4.94. The molecule has 5 heteroatoms. The molecule has 0 bridgehead atoms. The normalized spacial score (nSPS) is 26.9. The van der Waals surface area contributed by atoms with Crippen LogP contribution in [0.15, 0.2) is 0 Å². The van der Waals surface area contributed by atoms with Crippen LogP contribution in [0.5, 0.6) is 0 Å². The number of nitrogens with zero attached hydrogens (tertiary/aromatic N) is 1. The van der Waals surface area contributed by atoms with Crippen LogP contribution in [0.25, 0.3) is 0 Å². The van der Waals surface area contributed by atoms with Crippen LogP contribution < -0.4 is 5.73 Å². The molecule has 1 heterocycles. The highest BCUT2D eigenvalue weighted by Crippen LogP contribution is 2.20. The third kappa shape index (κ3) is 3.34. The molecule has 0 aromatic rings. The first kappa shape index (κ1) is 12.2. The summed E-state index contributed by atoms with van der Waals surface area (Å²) in [6.07, 6.45) is 0.0357. The summed E-state index contributed by atoms with van der Waals surface area (Å²) in [6, 6.07) is -0.562. The number of halogens is 1. The zero-order chi connectivity index (χ0) is 11.6. The predicted octanol–water partition coefficient (Wildman–Crippen LogP) is 1.29. The predicted molar refractivity (Wildman–Crippen MR) is 55.3 cm³/mol. The van der Waals surface area contributed by atoms with Gasteiger partial charge in [0, 0.05) is 12.6 Å². The van der Waals surface area contributed by atoms with E-state index in [2.05, 4.69) is 0 Å². The van der Waals surface area contributed by atoms with Gasteiger partial charge in [0.1, 0.15) is 12.3 Å². The molecule has 1 rings (SSSR count). The lowest BCUT2D eigenvalue weighted by atomic mass is 10.2. The number of amides is 1. The molecule has 1 aliphatic heterocycles. The summed E-state index contributed by atoms with van der Waals surface area (Å²) in [7, 11) is 0. The number of hydrogen-bond donors (Lipinski definition) is 1. The topological polar surface area (TPSA) is 55.6 Å². The van der Waals surface area contributed by atoms with E-state index in [1.54, 1.807) is 20.8 Å². The molecular weight excluding hydrogens is 199 g/mol. The van der Waals surface area contributed by atoms with Crippen molar-refractivity contribution in [3.63, 3.8) is 0 Å². The van der Waals surface area contributed by atoms with E-state index in [1.807, 2.05) is 0 Å². The number of likely N-dealkylation sites (tertiary alicyclic amines) is 1. The van der Waals surface area contributed by atoms with Gasteiger partial charge in [-0.2, -0.15) is 0 Å². The Kier molecular flexibility index (Phi) is 3.54. The number of hydrogen-bond acceptors (Lipinski definition) is 3. The molecule has 1 amide bonds. The maximum absolute atomic E-state index is 12.6. The monoisotopic (exact) mass is 218 g/mol. The van der Waals surface area contributed by atoms with Gasteiger partial charge in [-0.25, -0.2) is 9.18 Å². The zero-order valence-electron chi connectivity index (χ0n) is 9.50. The summed E-state index contributed by atoms with van der Waals surface area (Å²) in [5, 5.41) is 0. The van der Waals surface area contributed by atoms with Gasteiger partial charge in [0.25, 0.3) is 0 Å². The summed E-state index contributed by atoms with van der Waals surface area (Å²) in [4.78, 5) is 13.0. The highest BCUT2D eigenvalue weighted by atomic mass is 19.1. The van der Waals surface area contributed by atoms with Gasteiger partial charge >= 0.3 is 6.09 Å². The lowest BCUT2D eigenvalue weighted by Gasteiger charge is -2.27. The second kappa shape index (κ2) is 4.35. The Labute approximate surface area is 89.6 Å². The van der Waals surface area contributed by atoms with E-state index in [4.69, 9.17) is 10.5 Å². The lowest BCUT2D eigenvalue weighted by Crippen LogP contribution is -2.41. The van der Waals surface area contributed by atoms with Crippen molar-refractivity contribution in [2.45, 2.75) is 44.9 Å². The highest BCUT2D eigenvalue weighted by Gasteiger charge is 2.35. The molecule has 0 aromatic heterocycles. The largest absolute Gasteiger partial charge is 0.444 e. The molecule has 0 saturated carbocycles. The van der Waals surface area contributed by atoms with Crippen molar-refractivity contribution in [2.24, 2.45) is 5.73 Å². The Balaban J connectivity index is 2.59. The smallest absolute Gasteiger partial charge is 0.410 e. The summed E-state index contributed by atoms with van der Waals surface area (Å²) in [5.74, 6) is 0. The van der Waals surface area contributed by atoms with Gasteiger partial charge in [0.05, 0.1) is 6.04 Å². The van der Waals surface area contributed by atoms with Crippen LogP contribution in [0.3, 0.4) is 0 Å². The fraction of sp³-hybridized carbons (Fsp3) is 0.900. The van der Waals surface area contributed by atoms with Crippen LogP contribution in [0, 0.1) is 0 Å². The maximum Gasteiger partial charge on any atom is 0.410 e. The molecule has 88 valence electrons. The molecule has 0 unspecified atom stereocenters. The Hall–Kier alpha value is -0.840. The van der Waals surface area contributed by atoms with Crippen molar-refractivity contribution >= 4 is 6.09 Å². The Bertz CT molecular complexity index is 240.